The summed E-state index contributed by atoms with van der Waals surface area (Å²) >= 11 is 7.15. The van der Waals surface area contributed by atoms with Gasteiger partial charge in [0.15, 0.2) is 4.47 Å². The molecule has 2 aromatic heterocycles. The standard InChI is InChI=1S/C13H10ClFN4S/c14-13-18-7-10(20-13)6-17-9-1-2-12(11(15)5-9)19-4-3-16-8-19/h1-5,7-8,17H,6H2. The molecule has 7 heteroatoms. The zero-order valence-electron chi connectivity index (χ0n) is 10.3. The van der Waals surface area contributed by atoms with Crippen LogP contribution in [0.1, 0.15) is 4.88 Å². The van der Waals surface area contributed by atoms with Crippen LogP contribution in [-0.4, -0.2) is 14.5 Å². The lowest BCUT2D eigenvalue weighted by molar-refractivity contribution is 0.618. The summed E-state index contributed by atoms with van der Waals surface area (Å²) in [5.74, 6) is -0.310. The van der Waals surface area contributed by atoms with Crippen LogP contribution in [0.15, 0.2) is 43.1 Å². The molecule has 2 heterocycles. The van der Waals surface area contributed by atoms with E-state index in [1.54, 1.807) is 35.6 Å². The first-order valence-corrected chi connectivity index (χ1v) is 7.04. The fourth-order valence-electron chi connectivity index (χ4n) is 1.78. The largest absolute Gasteiger partial charge is 0.380 e. The van der Waals surface area contributed by atoms with Crippen LogP contribution in [0.3, 0.4) is 0 Å². The van der Waals surface area contributed by atoms with Crippen LogP contribution in [-0.2, 0) is 6.54 Å². The van der Waals surface area contributed by atoms with Crippen molar-refractivity contribution in [3.63, 3.8) is 0 Å². The summed E-state index contributed by atoms with van der Waals surface area (Å²) in [5.41, 5.74) is 1.17. The second kappa shape index (κ2) is 5.60. The number of thiazole rings is 1. The highest BCUT2D eigenvalue weighted by Crippen LogP contribution is 2.21. The van der Waals surface area contributed by atoms with Gasteiger partial charge in [0.05, 0.1) is 18.6 Å². The minimum atomic E-state index is -0.310. The molecule has 0 spiro atoms. The first kappa shape index (κ1) is 13.1. The zero-order chi connectivity index (χ0) is 13.9. The molecule has 0 aliphatic rings. The molecule has 1 aromatic carbocycles. The maximum absolute atomic E-state index is 14.0. The van der Waals surface area contributed by atoms with E-state index in [1.807, 2.05) is 6.07 Å². The molecule has 3 aromatic rings. The quantitative estimate of drug-likeness (QED) is 0.798. The summed E-state index contributed by atoms with van der Waals surface area (Å²) in [4.78, 5) is 8.85. The van der Waals surface area contributed by atoms with Crippen molar-refractivity contribution < 1.29 is 4.39 Å². The van der Waals surface area contributed by atoms with Crippen molar-refractivity contribution >= 4 is 28.6 Å². The third kappa shape index (κ3) is 2.81. The molecular formula is C13H10ClFN4S. The predicted molar refractivity (Wildman–Crippen MR) is 78.0 cm³/mol. The molecule has 1 N–H and O–H groups in total. The lowest BCUT2D eigenvalue weighted by Gasteiger charge is -2.08. The molecular weight excluding hydrogens is 299 g/mol. The molecule has 4 nitrogen and oxygen atoms in total. The van der Waals surface area contributed by atoms with E-state index in [0.717, 1.165) is 4.88 Å². The highest BCUT2D eigenvalue weighted by molar-refractivity contribution is 7.15. The minimum Gasteiger partial charge on any atom is -0.380 e. The molecule has 0 saturated carbocycles. The fraction of sp³-hybridized carbons (Fsp3) is 0.0769. The summed E-state index contributed by atoms with van der Waals surface area (Å²) in [5, 5.41) is 3.13. The van der Waals surface area contributed by atoms with Crippen LogP contribution in [0, 0.1) is 5.82 Å². The first-order valence-electron chi connectivity index (χ1n) is 5.84. The molecule has 0 aliphatic heterocycles. The Hall–Kier alpha value is -1.92. The van der Waals surface area contributed by atoms with Crippen LogP contribution in [0.5, 0.6) is 0 Å². The second-order valence-electron chi connectivity index (χ2n) is 4.07. The Morgan fingerprint density at radius 1 is 1.40 bits per heavy atom. The maximum atomic E-state index is 14.0. The van der Waals surface area contributed by atoms with Gasteiger partial charge in [-0.25, -0.2) is 14.4 Å². The van der Waals surface area contributed by atoms with Crippen LogP contribution < -0.4 is 5.32 Å². The average molecular weight is 309 g/mol. The fourth-order valence-corrected chi connectivity index (χ4v) is 2.70. The van der Waals surface area contributed by atoms with Gasteiger partial charge in [0.1, 0.15) is 5.82 Å². The van der Waals surface area contributed by atoms with Gasteiger partial charge in [-0.15, -0.1) is 11.3 Å². The maximum Gasteiger partial charge on any atom is 0.183 e. The van der Waals surface area contributed by atoms with Gasteiger partial charge in [-0.3, -0.25) is 0 Å². The van der Waals surface area contributed by atoms with Crippen LogP contribution >= 0.6 is 22.9 Å². The molecule has 0 aliphatic carbocycles. The lowest BCUT2D eigenvalue weighted by Crippen LogP contribution is -2.00. The Kier molecular flexibility index (Phi) is 3.66. The number of rotatable bonds is 4. The van der Waals surface area contributed by atoms with Crippen molar-refractivity contribution in [1.82, 2.24) is 14.5 Å². The van der Waals surface area contributed by atoms with Gasteiger partial charge < -0.3 is 9.88 Å². The van der Waals surface area contributed by atoms with Crippen molar-refractivity contribution in [3.05, 3.63) is 58.3 Å². The van der Waals surface area contributed by atoms with E-state index in [0.29, 0.717) is 22.4 Å². The summed E-state index contributed by atoms with van der Waals surface area (Å²) < 4.78 is 16.2. The topological polar surface area (TPSA) is 42.7 Å². The van der Waals surface area contributed by atoms with Crippen LogP contribution in [0.4, 0.5) is 10.1 Å². The Morgan fingerprint density at radius 2 is 2.30 bits per heavy atom. The van der Waals surface area contributed by atoms with Gasteiger partial charge in [-0.05, 0) is 18.2 Å². The van der Waals surface area contributed by atoms with Gasteiger partial charge in [-0.2, -0.15) is 0 Å². The van der Waals surface area contributed by atoms with E-state index in [4.69, 9.17) is 11.6 Å². The smallest absolute Gasteiger partial charge is 0.183 e. The van der Waals surface area contributed by atoms with Gasteiger partial charge in [0.25, 0.3) is 0 Å². The molecule has 0 atom stereocenters. The second-order valence-corrected chi connectivity index (χ2v) is 5.77. The molecule has 0 amide bonds. The Bertz CT molecular complexity index is 711. The Balaban J connectivity index is 1.74. The number of hydrogen-bond donors (Lipinski definition) is 1. The summed E-state index contributed by atoms with van der Waals surface area (Å²) in [6, 6.07) is 4.98. The van der Waals surface area contributed by atoms with E-state index in [-0.39, 0.29) is 5.82 Å². The molecule has 0 unspecified atom stereocenters. The molecule has 0 fully saturated rings. The minimum absolute atomic E-state index is 0.310. The van der Waals surface area contributed by atoms with E-state index in [2.05, 4.69) is 15.3 Å². The van der Waals surface area contributed by atoms with Crippen LogP contribution in [0.25, 0.3) is 5.69 Å². The third-order valence-electron chi connectivity index (χ3n) is 2.72. The van der Waals surface area contributed by atoms with E-state index < -0.39 is 0 Å². The number of benzene rings is 1. The lowest BCUT2D eigenvalue weighted by atomic mass is 10.2. The third-order valence-corrected chi connectivity index (χ3v) is 3.84. The number of nitrogens with one attached hydrogen (secondary N) is 1. The molecule has 0 bridgehead atoms. The number of imidazole rings is 1. The number of anilines is 1. The molecule has 102 valence electrons. The van der Waals surface area contributed by atoms with Gasteiger partial charge in [0, 0.05) is 29.2 Å². The normalized spacial score (nSPS) is 10.7. The van der Waals surface area contributed by atoms with Crippen molar-refractivity contribution in [3.8, 4) is 5.69 Å². The van der Waals surface area contributed by atoms with Crippen molar-refractivity contribution in [2.24, 2.45) is 0 Å². The molecule has 3 rings (SSSR count). The molecule has 0 saturated heterocycles. The highest BCUT2D eigenvalue weighted by atomic mass is 35.5. The Morgan fingerprint density at radius 3 is 2.95 bits per heavy atom. The number of nitrogens with zero attached hydrogens (tertiary/aromatic N) is 3. The van der Waals surface area contributed by atoms with Crippen molar-refractivity contribution in [2.45, 2.75) is 6.54 Å². The van der Waals surface area contributed by atoms with Gasteiger partial charge in [-0.1, -0.05) is 11.6 Å². The van der Waals surface area contributed by atoms with E-state index in [1.165, 1.54) is 17.4 Å². The SMILES string of the molecule is Fc1cc(NCc2cnc(Cl)s2)ccc1-n1ccnc1. The summed E-state index contributed by atoms with van der Waals surface area (Å²) in [6.07, 6.45) is 6.57. The van der Waals surface area contributed by atoms with Crippen molar-refractivity contribution in [1.29, 1.82) is 0 Å². The summed E-state index contributed by atoms with van der Waals surface area (Å²) in [6.45, 7) is 0.564. The van der Waals surface area contributed by atoms with Crippen molar-refractivity contribution in [2.75, 3.05) is 5.32 Å². The van der Waals surface area contributed by atoms with E-state index >= 15 is 0 Å². The molecule has 0 radical (unpaired) electrons. The number of hydrogen-bond acceptors (Lipinski definition) is 4. The summed E-state index contributed by atoms with van der Waals surface area (Å²) in [7, 11) is 0. The Labute approximate surface area is 123 Å². The number of aromatic nitrogens is 3. The predicted octanol–water partition coefficient (Wildman–Crippen LogP) is 3.73. The average Bonchev–Trinajstić information content (AvgIpc) is 3.08. The molecule has 20 heavy (non-hydrogen) atoms. The first-order chi connectivity index (χ1) is 9.72. The highest BCUT2D eigenvalue weighted by Gasteiger charge is 2.06. The van der Waals surface area contributed by atoms with Gasteiger partial charge >= 0.3 is 0 Å². The monoisotopic (exact) mass is 308 g/mol. The zero-order valence-corrected chi connectivity index (χ0v) is 11.8. The van der Waals surface area contributed by atoms with Crippen LogP contribution in [0.2, 0.25) is 4.47 Å². The van der Waals surface area contributed by atoms with Gasteiger partial charge in [0.2, 0.25) is 0 Å². The number of halogens is 2. The van der Waals surface area contributed by atoms with E-state index in [9.17, 15) is 4.39 Å².